The Labute approximate surface area is 141 Å². The van der Waals surface area contributed by atoms with Crippen molar-refractivity contribution < 1.29 is 18.3 Å². The standard InChI is InChI=1S/C15H12ClNO.2ClH.Ru/c1-11-3-4-13(16)9-12(11)10-17-14-5-7-15(18-2)8-6-14;;;/h1,3-10H,2H3;2*1H;/q;;;+2/p-2. The molecule has 0 amide bonds. The van der Waals surface area contributed by atoms with Gasteiger partial charge in [-0.2, -0.15) is 0 Å². The van der Waals surface area contributed by atoms with E-state index in [0.717, 1.165) is 22.6 Å². The van der Waals surface area contributed by atoms with Crippen molar-refractivity contribution in [3.05, 3.63) is 58.6 Å². The monoisotopic (exact) mass is 429 g/mol. The Morgan fingerprint density at radius 1 is 1.05 bits per heavy atom. The number of hydrogen-bond donors (Lipinski definition) is 0. The minimum atomic E-state index is -1.89. The molecule has 2 aromatic carbocycles. The molecule has 21 heavy (non-hydrogen) atoms. The molecule has 0 radical (unpaired) electrons. The molecule has 2 rings (SSSR count). The minimum absolute atomic E-state index is 0.645. The number of aliphatic imine (C=N–C) groups is 1. The van der Waals surface area contributed by atoms with Crippen LogP contribution in [0.15, 0.2) is 47.5 Å². The Bertz CT molecular complexity index is 680. The Morgan fingerprint density at radius 2 is 1.76 bits per heavy atom. The molecule has 0 spiro atoms. The number of halogens is 3. The van der Waals surface area contributed by atoms with E-state index in [1.807, 2.05) is 47.1 Å². The van der Waals surface area contributed by atoms with Crippen molar-refractivity contribution in [3.63, 3.8) is 0 Å². The molecule has 0 atom stereocenters. The fourth-order valence-corrected chi connectivity index (χ4v) is 3.68. The van der Waals surface area contributed by atoms with Gasteiger partial charge in [0.15, 0.2) is 0 Å². The first-order valence-corrected chi connectivity index (χ1v) is 11.7. The zero-order valence-electron chi connectivity index (χ0n) is 11.0. The zero-order chi connectivity index (χ0) is 15.2. The van der Waals surface area contributed by atoms with Crippen LogP contribution in [0.3, 0.4) is 0 Å². The zero-order valence-corrected chi connectivity index (χ0v) is 15.0. The van der Waals surface area contributed by atoms with Gasteiger partial charge in [0.05, 0.1) is 0 Å². The molecule has 0 unspecified atom stereocenters. The summed E-state index contributed by atoms with van der Waals surface area (Å²) in [7, 11) is 13.5. The third-order valence-corrected chi connectivity index (χ3v) is 4.73. The topological polar surface area (TPSA) is 21.6 Å². The molecule has 0 heterocycles. The van der Waals surface area contributed by atoms with Crippen molar-refractivity contribution in [3.8, 4) is 5.75 Å². The molecule has 2 nitrogen and oxygen atoms in total. The second-order valence-corrected chi connectivity index (χ2v) is 10.2. The summed E-state index contributed by atoms with van der Waals surface area (Å²) in [6.07, 6.45) is 1.75. The quantitative estimate of drug-likeness (QED) is 0.485. The third-order valence-electron chi connectivity index (χ3n) is 2.66. The van der Waals surface area contributed by atoms with Crippen LogP contribution < -0.4 is 4.74 Å². The van der Waals surface area contributed by atoms with E-state index >= 15 is 0 Å². The molecule has 0 saturated heterocycles. The average molecular weight is 430 g/mol. The van der Waals surface area contributed by atoms with Gasteiger partial charge >= 0.3 is 142 Å². The summed E-state index contributed by atoms with van der Waals surface area (Å²) in [4.78, 5) is 4.43. The van der Waals surface area contributed by atoms with Crippen LogP contribution >= 0.6 is 31.0 Å². The van der Waals surface area contributed by atoms with Crippen LogP contribution in [0.25, 0.3) is 0 Å². The van der Waals surface area contributed by atoms with Gasteiger partial charge in [0, 0.05) is 0 Å². The van der Waals surface area contributed by atoms with E-state index in [4.69, 9.17) is 35.7 Å². The van der Waals surface area contributed by atoms with Crippen molar-refractivity contribution in [1.29, 1.82) is 0 Å². The van der Waals surface area contributed by atoms with Crippen molar-refractivity contribution >= 4 is 47.5 Å². The van der Waals surface area contributed by atoms with E-state index in [1.165, 1.54) is 0 Å². The van der Waals surface area contributed by atoms with Crippen LogP contribution in [-0.2, 0) is 13.5 Å². The van der Waals surface area contributed by atoms with Crippen LogP contribution in [0.2, 0.25) is 5.02 Å². The average Bonchev–Trinajstić information content (AvgIpc) is 2.47. The predicted octanol–water partition coefficient (Wildman–Crippen LogP) is 5.18. The number of ether oxygens (including phenoxy) is 1. The van der Waals surface area contributed by atoms with Crippen molar-refractivity contribution in [2.45, 2.75) is 0 Å². The summed E-state index contributed by atoms with van der Waals surface area (Å²) < 4.78 is 6.99. The molecule has 0 aliphatic carbocycles. The molecule has 0 aliphatic rings. The Hall–Kier alpha value is -0.727. The molecule has 0 bridgehead atoms. The maximum atomic E-state index is 6.03. The SMILES string of the molecule is COc1ccc(N=Cc2cc(Cl)ccc2[CH]=[Ru]([Cl])[Cl])cc1. The maximum absolute atomic E-state index is 6.03. The Balaban J connectivity index is 2.30. The first kappa shape index (κ1) is 16.6. The van der Waals surface area contributed by atoms with E-state index in [-0.39, 0.29) is 0 Å². The predicted molar refractivity (Wildman–Crippen MR) is 88.6 cm³/mol. The van der Waals surface area contributed by atoms with Gasteiger partial charge in [-0.1, -0.05) is 0 Å². The fraction of sp³-hybridized carbons (Fsp3) is 0.0667. The summed E-state index contributed by atoms with van der Waals surface area (Å²) in [5.41, 5.74) is 2.66. The van der Waals surface area contributed by atoms with Crippen LogP contribution in [0, 0.1) is 0 Å². The van der Waals surface area contributed by atoms with Crippen molar-refractivity contribution in [1.82, 2.24) is 0 Å². The summed E-state index contributed by atoms with van der Waals surface area (Å²) in [6, 6.07) is 13.0. The number of hydrogen-bond acceptors (Lipinski definition) is 2. The fourth-order valence-electron chi connectivity index (χ4n) is 1.65. The molecule has 112 valence electrons. The van der Waals surface area contributed by atoms with E-state index in [2.05, 4.69) is 4.99 Å². The second-order valence-electron chi connectivity index (χ2n) is 4.04. The molecule has 0 fully saturated rings. The Morgan fingerprint density at radius 3 is 2.38 bits per heavy atom. The van der Waals surface area contributed by atoms with Gasteiger partial charge in [0.25, 0.3) is 0 Å². The summed E-state index contributed by atoms with van der Waals surface area (Å²) in [6.45, 7) is 0. The summed E-state index contributed by atoms with van der Waals surface area (Å²) in [5, 5.41) is 0.645. The van der Waals surface area contributed by atoms with Gasteiger partial charge in [-0.3, -0.25) is 0 Å². The van der Waals surface area contributed by atoms with Crippen molar-refractivity contribution in [2.24, 2.45) is 4.99 Å². The number of methoxy groups -OCH3 is 1. The molecule has 0 aromatic heterocycles. The number of benzene rings is 2. The van der Waals surface area contributed by atoms with E-state index in [1.54, 1.807) is 13.3 Å². The normalized spacial score (nSPS) is 11.5. The molecule has 0 saturated carbocycles. The summed E-state index contributed by atoms with van der Waals surface area (Å²) in [5.74, 6) is 0.795. The van der Waals surface area contributed by atoms with Gasteiger partial charge in [0.1, 0.15) is 0 Å². The van der Waals surface area contributed by atoms with Crippen LogP contribution in [0.5, 0.6) is 5.75 Å². The van der Waals surface area contributed by atoms with Gasteiger partial charge in [-0.25, -0.2) is 0 Å². The molecule has 6 heteroatoms. The first-order chi connectivity index (χ1) is 10.1. The van der Waals surface area contributed by atoms with Crippen LogP contribution in [0.1, 0.15) is 11.1 Å². The third kappa shape index (κ3) is 5.19. The molecular weight excluding hydrogens is 418 g/mol. The molecular formula is C15H12Cl3NORu. The van der Waals surface area contributed by atoms with Gasteiger partial charge in [0.2, 0.25) is 0 Å². The number of rotatable bonds is 4. The van der Waals surface area contributed by atoms with Crippen LogP contribution in [0.4, 0.5) is 5.69 Å². The van der Waals surface area contributed by atoms with Crippen LogP contribution in [-0.4, -0.2) is 17.9 Å². The van der Waals surface area contributed by atoms with Gasteiger partial charge in [-0.05, 0) is 0 Å². The molecule has 2 aromatic rings. The second kappa shape index (κ2) is 8.05. The Kier molecular flexibility index (Phi) is 6.38. The van der Waals surface area contributed by atoms with Crippen molar-refractivity contribution in [2.75, 3.05) is 7.11 Å². The van der Waals surface area contributed by atoms with E-state index in [0.29, 0.717) is 5.02 Å². The number of nitrogens with zero attached hydrogens (tertiary/aromatic N) is 1. The molecule has 0 aliphatic heterocycles. The first-order valence-electron chi connectivity index (χ1n) is 5.89. The summed E-state index contributed by atoms with van der Waals surface area (Å²) >= 11 is 4.14. The van der Waals surface area contributed by atoms with E-state index < -0.39 is 13.5 Å². The van der Waals surface area contributed by atoms with Gasteiger partial charge < -0.3 is 0 Å². The van der Waals surface area contributed by atoms with E-state index in [9.17, 15) is 0 Å². The molecule has 0 N–H and O–H groups in total. The van der Waals surface area contributed by atoms with Gasteiger partial charge in [-0.15, -0.1) is 0 Å².